The molecule has 1 aliphatic rings. The fourth-order valence-electron chi connectivity index (χ4n) is 2.22. The van der Waals surface area contributed by atoms with Gasteiger partial charge >= 0.3 is 0 Å². The first-order valence-corrected chi connectivity index (χ1v) is 6.16. The van der Waals surface area contributed by atoms with Crippen LogP contribution in [0.1, 0.15) is 11.1 Å². The smallest absolute Gasteiger partial charge is 0.0589 e. The summed E-state index contributed by atoms with van der Waals surface area (Å²) < 4.78 is 5.12. The molecule has 0 atom stereocenters. The number of halogens is 1. The van der Waals surface area contributed by atoms with E-state index in [2.05, 4.69) is 11.0 Å². The van der Waals surface area contributed by atoms with Crippen molar-refractivity contribution in [2.24, 2.45) is 0 Å². The van der Waals surface area contributed by atoms with E-state index in [0.717, 1.165) is 44.1 Å². The third-order valence-corrected chi connectivity index (χ3v) is 3.56. The van der Waals surface area contributed by atoms with Gasteiger partial charge in [0.25, 0.3) is 0 Å². The highest BCUT2D eigenvalue weighted by atomic mass is 35.5. The normalized spacial score (nSPS) is 16.9. The molecule has 0 aromatic heterocycles. The molecule has 1 aromatic rings. The van der Waals surface area contributed by atoms with Gasteiger partial charge in [0.2, 0.25) is 0 Å². The van der Waals surface area contributed by atoms with Crippen LogP contribution < -0.4 is 0 Å². The van der Waals surface area contributed by atoms with Crippen molar-refractivity contribution in [3.05, 3.63) is 34.3 Å². The van der Waals surface area contributed by atoms with Crippen molar-refractivity contribution in [2.75, 3.05) is 33.4 Å². The summed E-state index contributed by atoms with van der Waals surface area (Å²) in [5.74, 6) is 0. The van der Waals surface area contributed by atoms with E-state index in [1.165, 1.54) is 11.1 Å². The van der Waals surface area contributed by atoms with Crippen LogP contribution in [-0.2, 0) is 17.6 Å². The zero-order valence-corrected chi connectivity index (χ0v) is 10.5. The van der Waals surface area contributed by atoms with Gasteiger partial charge in [-0.1, -0.05) is 23.7 Å². The van der Waals surface area contributed by atoms with Gasteiger partial charge in [-0.05, 0) is 30.0 Å². The summed E-state index contributed by atoms with van der Waals surface area (Å²) in [6.45, 7) is 4.02. The highest BCUT2D eigenvalue weighted by Gasteiger charge is 2.15. The van der Waals surface area contributed by atoms with Crippen molar-refractivity contribution in [3.63, 3.8) is 0 Å². The van der Waals surface area contributed by atoms with Crippen LogP contribution in [0.15, 0.2) is 18.2 Å². The van der Waals surface area contributed by atoms with Crippen LogP contribution in [0.5, 0.6) is 0 Å². The maximum atomic E-state index is 6.22. The van der Waals surface area contributed by atoms with E-state index in [9.17, 15) is 0 Å². The zero-order chi connectivity index (χ0) is 11.4. The lowest BCUT2D eigenvalue weighted by Crippen LogP contribution is -2.29. The molecule has 0 fully saturated rings. The molecule has 0 amide bonds. The first-order valence-electron chi connectivity index (χ1n) is 5.79. The predicted molar refractivity (Wildman–Crippen MR) is 67.2 cm³/mol. The van der Waals surface area contributed by atoms with Crippen LogP contribution in [0.4, 0.5) is 0 Å². The van der Waals surface area contributed by atoms with Crippen molar-refractivity contribution in [1.29, 1.82) is 0 Å². The molecule has 0 unspecified atom stereocenters. The Morgan fingerprint density at radius 2 is 2.12 bits per heavy atom. The minimum Gasteiger partial charge on any atom is -0.383 e. The molecule has 88 valence electrons. The molecule has 16 heavy (non-hydrogen) atoms. The quantitative estimate of drug-likeness (QED) is 0.803. The monoisotopic (exact) mass is 239 g/mol. The second-order valence-corrected chi connectivity index (χ2v) is 4.62. The minimum absolute atomic E-state index is 0.810. The summed E-state index contributed by atoms with van der Waals surface area (Å²) >= 11 is 6.22. The Hall–Kier alpha value is -0.570. The lowest BCUT2D eigenvalue weighted by molar-refractivity contribution is 0.150. The van der Waals surface area contributed by atoms with Gasteiger partial charge in [0.15, 0.2) is 0 Å². The first kappa shape index (κ1) is 11.9. The minimum atomic E-state index is 0.810. The average Bonchev–Trinajstić information content (AvgIpc) is 2.50. The zero-order valence-electron chi connectivity index (χ0n) is 9.71. The number of benzene rings is 1. The van der Waals surface area contributed by atoms with Gasteiger partial charge in [0.05, 0.1) is 6.61 Å². The molecule has 0 N–H and O–H groups in total. The molecule has 1 aromatic carbocycles. The second kappa shape index (κ2) is 5.67. The van der Waals surface area contributed by atoms with E-state index in [-0.39, 0.29) is 0 Å². The van der Waals surface area contributed by atoms with E-state index in [4.69, 9.17) is 16.3 Å². The fourth-order valence-corrected chi connectivity index (χ4v) is 2.51. The SMILES string of the molecule is COCCN1CCc2cccc(Cl)c2CC1. The van der Waals surface area contributed by atoms with E-state index in [0.29, 0.717) is 0 Å². The number of hydrogen-bond donors (Lipinski definition) is 0. The van der Waals surface area contributed by atoms with Gasteiger partial charge in [-0.15, -0.1) is 0 Å². The second-order valence-electron chi connectivity index (χ2n) is 4.21. The number of fused-ring (bicyclic) bond motifs is 1. The summed E-state index contributed by atoms with van der Waals surface area (Å²) in [4.78, 5) is 2.44. The molecule has 3 heteroatoms. The molecule has 0 spiro atoms. The number of methoxy groups -OCH3 is 1. The molecular formula is C13H18ClNO. The van der Waals surface area contributed by atoms with E-state index in [1.54, 1.807) is 7.11 Å². The van der Waals surface area contributed by atoms with Crippen molar-refractivity contribution < 1.29 is 4.74 Å². The molecule has 0 aliphatic carbocycles. The first-order chi connectivity index (χ1) is 7.81. The van der Waals surface area contributed by atoms with E-state index in [1.807, 2.05) is 12.1 Å². The molecule has 0 bridgehead atoms. The molecule has 1 heterocycles. The van der Waals surface area contributed by atoms with E-state index >= 15 is 0 Å². The van der Waals surface area contributed by atoms with E-state index < -0.39 is 0 Å². The third kappa shape index (κ3) is 2.76. The summed E-state index contributed by atoms with van der Waals surface area (Å²) in [6.07, 6.45) is 2.15. The Labute approximate surface area is 102 Å². The molecule has 0 saturated heterocycles. The van der Waals surface area contributed by atoms with Gasteiger partial charge in [-0.3, -0.25) is 0 Å². The lowest BCUT2D eigenvalue weighted by atomic mass is 10.0. The Morgan fingerprint density at radius 1 is 1.31 bits per heavy atom. The van der Waals surface area contributed by atoms with Crippen LogP contribution in [0.25, 0.3) is 0 Å². The largest absolute Gasteiger partial charge is 0.383 e. The third-order valence-electron chi connectivity index (χ3n) is 3.20. The lowest BCUT2D eigenvalue weighted by Gasteiger charge is -2.18. The van der Waals surface area contributed by atoms with Gasteiger partial charge in [-0.2, -0.15) is 0 Å². The Bertz CT molecular complexity index is 354. The maximum absolute atomic E-state index is 6.22. The molecular weight excluding hydrogens is 222 g/mol. The summed E-state index contributed by atoms with van der Waals surface area (Å²) in [5, 5.41) is 0.922. The van der Waals surface area contributed by atoms with Crippen molar-refractivity contribution >= 4 is 11.6 Å². The standard InChI is InChI=1S/C13H18ClNO/c1-16-10-9-15-7-5-11-3-2-4-13(14)12(11)6-8-15/h2-4H,5-10H2,1H3. The summed E-state index contributed by atoms with van der Waals surface area (Å²) in [7, 11) is 1.75. The van der Waals surface area contributed by atoms with Crippen molar-refractivity contribution in [2.45, 2.75) is 12.8 Å². The Balaban J connectivity index is 2.04. The Kier molecular flexibility index (Phi) is 4.22. The predicted octanol–water partition coefficient (Wildman–Crippen LogP) is 2.39. The van der Waals surface area contributed by atoms with Gasteiger partial charge < -0.3 is 9.64 Å². The summed E-state index contributed by atoms with van der Waals surface area (Å²) in [6, 6.07) is 6.23. The number of ether oxygens (including phenoxy) is 1. The number of hydrogen-bond acceptors (Lipinski definition) is 2. The van der Waals surface area contributed by atoms with Crippen molar-refractivity contribution in [3.8, 4) is 0 Å². The van der Waals surface area contributed by atoms with Crippen LogP contribution in [0.2, 0.25) is 5.02 Å². The fraction of sp³-hybridized carbons (Fsp3) is 0.538. The molecule has 0 radical (unpaired) electrons. The van der Waals surface area contributed by atoms with Gasteiger partial charge in [0.1, 0.15) is 0 Å². The van der Waals surface area contributed by atoms with Crippen LogP contribution >= 0.6 is 11.6 Å². The topological polar surface area (TPSA) is 12.5 Å². The van der Waals surface area contributed by atoms with Crippen molar-refractivity contribution in [1.82, 2.24) is 4.90 Å². The van der Waals surface area contributed by atoms with Gasteiger partial charge in [-0.25, -0.2) is 0 Å². The highest BCUT2D eigenvalue weighted by molar-refractivity contribution is 6.31. The molecule has 2 nitrogen and oxygen atoms in total. The van der Waals surface area contributed by atoms with Crippen LogP contribution in [0, 0.1) is 0 Å². The molecule has 2 rings (SSSR count). The molecule has 0 saturated carbocycles. The van der Waals surface area contributed by atoms with Crippen LogP contribution in [-0.4, -0.2) is 38.3 Å². The Morgan fingerprint density at radius 3 is 2.94 bits per heavy atom. The highest BCUT2D eigenvalue weighted by Crippen LogP contribution is 2.23. The molecule has 1 aliphatic heterocycles. The summed E-state index contributed by atoms with van der Waals surface area (Å²) in [5.41, 5.74) is 2.75. The average molecular weight is 240 g/mol. The van der Waals surface area contributed by atoms with Gasteiger partial charge in [0, 0.05) is 31.8 Å². The number of nitrogens with zero attached hydrogens (tertiary/aromatic N) is 1. The maximum Gasteiger partial charge on any atom is 0.0589 e. The van der Waals surface area contributed by atoms with Crippen LogP contribution in [0.3, 0.4) is 0 Å². The number of rotatable bonds is 3.